The Morgan fingerprint density at radius 1 is 1.24 bits per heavy atom. The molecule has 0 unspecified atom stereocenters. The lowest BCUT2D eigenvalue weighted by atomic mass is 10.1. The molecule has 0 amide bonds. The largest absolute Gasteiger partial charge is 0.497 e. The van der Waals surface area contributed by atoms with Crippen molar-refractivity contribution in [2.24, 2.45) is 0 Å². The van der Waals surface area contributed by atoms with Gasteiger partial charge >= 0.3 is 5.63 Å². The highest BCUT2D eigenvalue weighted by Crippen LogP contribution is 2.28. The van der Waals surface area contributed by atoms with Crippen LogP contribution in [0, 0.1) is 11.3 Å². The van der Waals surface area contributed by atoms with Gasteiger partial charge in [0.05, 0.1) is 12.8 Å². The minimum atomic E-state index is -0.388. The molecule has 0 aliphatic rings. The van der Waals surface area contributed by atoms with Crippen LogP contribution in [-0.4, -0.2) is 12.1 Å². The number of nitrogens with zero attached hydrogens (tertiary/aromatic N) is 2. The van der Waals surface area contributed by atoms with Crippen LogP contribution in [0.3, 0.4) is 0 Å². The molecule has 0 fully saturated rings. The first-order chi connectivity index (χ1) is 14.2. The SMILES string of the molecule is COc1cccc(-c2csc(/C(C#N)=C/Nc3ccc4oc(=O)ccc4c3)n2)c1. The first-order valence-electron chi connectivity index (χ1n) is 8.67. The minimum absolute atomic E-state index is 0.388. The molecule has 1 N–H and O–H groups in total. The number of hydrogen-bond donors (Lipinski definition) is 1. The van der Waals surface area contributed by atoms with Crippen LogP contribution in [0.15, 0.2) is 75.4 Å². The molecule has 0 atom stereocenters. The lowest BCUT2D eigenvalue weighted by molar-refractivity contribution is 0.415. The lowest BCUT2D eigenvalue weighted by Gasteiger charge is -2.03. The molecule has 0 saturated heterocycles. The molecule has 142 valence electrons. The molecular formula is C22H15N3O3S. The Hall–Kier alpha value is -3.89. The van der Waals surface area contributed by atoms with Gasteiger partial charge in [-0.15, -0.1) is 11.3 Å². The summed E-state index contributed by atoms with van der Waals surface area (Å²) < 4.78 is 10.4. The number of hydrogen-bond acceptors (Lipinski definition) is 7. The second-order valence-corrected chi connectivity index (χ2v) is 6.95. The second-order valence-electron chi connectivity index (χ2n) is 6.09. The fourth-order valence-electron chi connectivity index (χ4n) is 2.77. The summed E-state index contributed by atoms with van der Waals surface area (Å²) in [5.74, 6) is 0.752. The lowest BCUT2D eigenvalue weighted by Crippen LogP contribution is -1.95. The number of methoxy groups -OCH3 is 1. The molecule has 2 heterocycles. The van der Waals surface area contributed by atoms with E-state index in [4.69, 9.17) is 9.15 Å². The fourth-order valence-corrected chi connectivity index (χ4v) is 3.57. The molecule has 0 bridgehead atoms. The number of allylic oxidation sites excluding steroid dienone is 1. The standard InChI is InChI=1S/C22H15N3O3S/c1-27-18-4-2-3-14(10-18)19-13-29-22(25-19)16(11-23)12-24-17-6-7-20-15(9-17)5-8-21(26)28-20/h2-10,12-13,24H,1H3/b16-12+. The molecule has 2 aromatic heterocycles. The quantitative estimate of drug-likeness (QED) is 0.378. The van der Waals surface area contributed by atoms with Crippen LogP contribution in [0.1, 0.15) is 5.01 Å². The Labute approximate surface area is 170 Å². The van der Waals surface area contributed by atoms with Gasteiger partial charge in [0.25, 0.3) is 0 Å². The third-order valence-electron chi connectivity index (χ3n) is 4.22. The summed E-state index contributed by atoms with van der Waals surface area (Å²) >= 11 is 1.40. The molecule has 0 saturated carbocycles. The van der Waals surface area contributed by atoms with E-state index in [1.807, 2.05) is 35.7 Å². The van der Waals surface area contributed by atoms with E-state index in [1.54, 1.807) is 31.5 Å². The first kappa shape index (κ1) is 18.5. The molecule has 0 spiro atoms. The number of aromatic nitrogens is 1. The summed E-state index contributed by atoms with van der Waals surface area (Å²) in [6.45, 7) is 0. The zero-order valence-electron chi connectivity index (χ0n) is 15.4. The highest BCUT2D eigenvalue weighted by Gasteiger charge is 2.10. The second kappa shape index (κ2) is 8.00. The van der Waals surface area contributed by atoms with Crippen molar-refractivity contribution in [2.75, 3.05) is 12.4 Å². The van der Waals surface area contributed by atoms with Crippen LogP contribution in [0.5, 0.6) is 5.75 Å². The molecule has 6 nitrogen and oxygen atoms in total. The predicted molar refractivity (Wildman–Crippen MR) is 114 cm³/mol. The van der Waals surface area contributed by atoms with E-state index < -0.39 is 0 Å². The zero-order valence-corrected chi connectivity index (χ0v) is 16.2. The molecule has 7 heteroatoms. The van der Waals surface area contributed by atoms with Crippen molar-refractivity contribution in [1.29, 1.82) is 5.26 Å². The average Bonchev–Trinajstić information content (AvgIpc) is 3.24. The Morgan fingerprint density at radius 2 is 2.14 bits per heavy atom. The van der Waals surface area contributed by atoms with E-state index in [2.05, 4.69) is 16.4 Å². The molecule has 4 aromatic rings. The number of nitriles is 1. The minimum Gasteiger partial charge on any atom is -0.497 e. The van der Waals surface area contributed by atoms with Crippen LogP contribution < -0.4 is 15.7 Å². The normalized spacial score (nSPS) is 11.2. The van der Waals surface area contributed by atoms with Crippen molar-refractivity contribution < 1.29 is 9.15 Å². The van der Waals surface area contributed by atoms with E-state index in [-0.39, 0.29) is 5.63 Å². The summed E-state index contributed by atoms with van der Waals surface area (Å²) in [7, 11) is 1.62. The maximum atomic E-state index is 11.3. The number of thiazole rings is 1. The van der Waals surface area contributed by atoms with Gasteiger partial charge in [0.2, 0.25) is 0 Å². The van der Waals surface area contributed by atoms with Crippen molar-refractivity contribution in [3.05, 3.63) is 81.6 Å². The highest BCUT2D eigenvalue weighted by molar-refractivity contribution is 7.11. The number of fused-ring (bicyclic) bond motifs is 1. The third-order valence-corrected chi connectivity index (χ3v) is 5.10. The summed E-state index contributed by atoms with van der Waals surface area (Å²) in [5.41, 5.74) is 3.02. The molecule has 0 aliphatic carbocycles. The Bertz CT molecular complexity index is 1310. The van der Waals surface area contributed by atoms with Crippen molar-refractivity contribution in [3.8, 4) is 23.1 Å². The number of ether oxygens (including phenoxy) is 1. The van der Waals surface area contributed by atoms with Crippen molar-refractivity contribution >= 4 is 33.6 Å². The molecular weight excluding hydrogens is 386 g/mol. The van der Waals surface area contributed by atoms with Gasteiger partial charge in [0, 0.05) is 34.3 Å². The maximum Gasteiger partial charge on any atom is 0.336 e. The van der Waals surface area contributed by atoms with Crippen molar-refractivity contribution in [1.82, 2.24) is 4.98 Å². The number of rotatable bonds is 5. The van der Waals surface area contributed by atoms with Gasteiger partial charge in [-0.3, -0.25) is 0 Å². The van der Waals surface area contributed by atoms with Crippen molar-refractivity contribution in [2.45, 2.75) is 0 Å². The summed E-state index contributed by atoms with van der Waals surface area (Å²) in [4.78, 5) is 15.9. The number of benzene rings is 2. The van der Waals surface area contributed by atoms with Crippen LogP contribution in [0.25, 0.3) is 27.8 Å². The van der Waals surface area contributed by atoms with Gasteiger partial charge in [-0.1, -0.05) is 12.1 Å². The van der Waals surface area contributed by atoms with Gasteiger partial charge in [-0.05, 0) is 36.4 Å². The summed E-state index contributed by atoms with van der Waals surface area (Å²) in [6.07, 6.45) is 1.62. The zero-order chi connectivity index (χ0) is 20.2. The first-order valence-corrected chi connectivity index (χ1v) is 9.55. The smallest absolute Gasteiger partial charge is 0.336 e. The monoisotopic (exact) mass is 401 g/mol. The van der Waals surface area contributed by atoms with Gasteiger partial charge < -0.3 is 14.5 Å². The summed E-state index contributed by atoms with van der Waals surface area (Å²) in [6, 6.07) is 18.2. The molecule has 2 aromatic carbocycles. The van der Waals surface area contributed by atoms with Gasteiger partial charge in [0.1, 0.15) is 28.0 Å². The Morgan fingerprint density at radius 3 is 2.97 bits per heavy atom. The van der Waals surface area contributed by atoms with Crippen molar-refractivity contribution in [3.63, 3.8) is 0 Å². The third kappa shape index (κ3) is 4.03. The van der Waals surface area contributed by atoms with E-state index in [0.29, 0.717) is 16.2 Å². The highest BCUT2D eigenvalue weighted by atomic mass is 32.1. The molecule has 0 aliphatic heterocycles. The van der Waals surface area contributed by atoms with E-state index in [0.717, 1.165) is 28.1 Å². The Balaban J connectivity index is 1.58. The van der Waals surface area contributed by atoms with E-state index in [1.165, 1.54) is 17.4 Å². The summed E-state index contributed by atoms with van der Waals surface area (Å²) in [5, 5.41) is 16.0. The molecule has 0 radical (unpaired) electrons. The van der Waals surface area contributed by atoms with Crippen LogP contribution in [-0.2, 0) is 0 Å². The topological polar surface area (TPSA) is 88.1 Å². The van der Waals surface area contributed by atoms with E-state index in [9.17, 15) is 10.1 Å². The van der Waals surface area contributed by atoms with E-state index >= 15 is 0 Å². The van der Waals surface area contributed by atoms with Crippen LogP contribution in [0.2, 0.25) is 0 Å². The van der Waals surface area contributed by atoms with Gasteiger partial charge in [-0.2, -0.15) is 5.26 Å². The van der Waals surface area contributed by atoms with Crippen LogP contribution >= 0.6 is 11.3 Å². The maximum absolute atomic E-state index is 11.3. The number of anilines is 1. The average molecular weight is 401 g/mol. The van der Waals surface area contributed by atoms with Crippen LogP contribution in [0.4, 0.5) is 5.69 Å². The Kier molecular flexibility index (Phi) is 5.10. The van der Waals surface area contributed by atoms with Gasteiger partial charge in [-0.25, -0.2) is 9.78 Å². The number of nitrogens with one attached hydrogen (secondary N) is 1. The fraction of sp³-hybridized carbons (Fsp3) is 0.0455. The molecule has 29 heavy (non-hydrogen) atoms. The molecule has 4 rings (SSSR count). The van der Waals surface area contributed by atoms with Gasteiger partial charge in [0.15, 0.2) is 0 Å². The predicted octanol–water partition coefficient (Wildman–Crippen LogP) is 4.90.